The van der Waals surface area contributed by atoms with Gasteiger partial charge in [0.1, 0.15) is 12.9 Å². The van der Waals surface area contributed by atoms with Crippen molar-refractivity contribution in [1.29, 1.82) is 0 Å². The monoisotopic (exact) mass is 253 g/mol. The average Bonchev–Trinajstić information content (AvgIpc) is 2.86. The summed E-state index contributed by atoms with van der Waals surface area (Å²) in [6.07, 6.45) is -1.80. The first kappa shape index (κ1) is 12.5. The zero-order valence-corrected chi connectivity index (χ0v) is 9.57. The summed E-state index contributed by atoms with van der Waals surface area (Å²) in [7, 11) is 1.22. The molecule has 0 unspecified atom stereocenters. The number of hydrogen-bond acceptors (Lipinski definition) is 6. The number of esters is 1. The van der Waals surface area contributed by atoms with Gasteiger partial charge in [0.25, 0.3) is 5.69 Å². The average molecular weight is 253 g/mol. The molecule has 1 aromatic carbocycles. The lowest BCUT2D eigenvalue weighted by atomic mass is 10.0. The van der Waals surface area contributed by atoms with Crippen LogP contribution in [-0.4, -0.2) is 30.9 Å². The zero-order valence-electron chi connectivity index (χ0n) is 9.57. The molecule has 0 saturated carbocycles. The van der Waals surface area contributed by atoms with Crippen molar-refractivity contribution < 1.29 is 23.9 Å². The summed E-state index contributed by atoms with van der Waals surface area (Å²) in [6.45, 7) is -0.101. The Kier molecular flexibility index (Phi) is 3.54. The van der Waals surface area contributed by atoms with Crippen LogP contribution >= 0.6 is 0 Å². The first-order chi connectivity index (χ1) is 8.65. The molecule has 0 N–H and O–H groups in total. The summed E-state index contributed by atoms with van der Waals surface area (Å²) >= 11 is 0. The highest BCUT2D eigenvalue weighted by Crippen LogP contribution is 2.34. The topological polar surface area (TPSA) is 87.9 Å². The summed E-state index contributed by atoms with van der Waals surface area (Å²) in [5, 5.41) is 10.9. The van der Waals surface area contributed by atoms with Crippen LogP contribution in [0.25, 0.3) is 0 Å². The van der Waals surface area contributed by atoms with Crippen LogP contribution in [0.5, 0.6) is 0 Å². The van der Waals surface area contributed by atoms with E-state index in [9.17, 15) is 14.9 Å². The van der Waals surface area contributed by atoms with Gasteiger partial charge in [-0.25, -0.2) is 4.79 Å². The number of rotatable bonds is 3. The van der Waals surface area contributed by atoms with E-state index >= 15 is 0 Å². The third-order valence-electron chi connectivity index (χ3n) is 2.64. The van der Waals surface area contributed by atoms with Gasteiger partial charge >= 0.3 is 5.97 Å². The molecule has 2 atom stereocenters. The maximum absolute atomic E-state index is 11.5. The van der Waals surface area contributed by atoms with Crippen LogP contribution in [0.15, 0.2) is 24.3 Å². The smallest absolute Gasteiger partial charge is 0.338 e. The lowest BCUT2D eigenvalue weighted by Gasteiger charge is -2.14. The van der Waals surface area contributed by atoms with E-state index < -0.39 is 23.1 Å². The van der Waals surface area contributed by atoms with Gasteiger partial charge in [0.2, 0.25) is 0 Å². The summed E-state index contributed by atoms with van der Waals surface area (Å²) in [5.41, 5.74) is 0.192. The van der Waals surface area contributed by atoms with E-state index in [0.29, 0.717) is 5.56 Å². The van der Waals surface area contributed by atoms with Crippen LogP contribution in [0.1, 0.15) is 11.7 Å². The van der Waals surface area contributed by atoms with Gasteiger partial charge in [-0.2, -0.15) is 0 Å². The molecule has 7 heteroatoms. The van der Waals surface area contributed by atoms with E-state index in [1.807, 2.05) is 0 Å². The standard InChI is InChI=1S/C11H11NO6/c1-16-11(13)10-9(17-6-18-10)7-4-2-3-5-8(7)12(14)15/h2-5,9-10H,6H2,1H3/t9-,10-/m1/s1. The van der Waals surface area contributed by atoms with E-state index in [2.05, 4.69) is 4.74 Å². The van der Waals surface area contributed by atoms with Gasteiger partial charge in [-0.1, -0.05) is 12.1 Å². The molecule has 1 saturated heterocycles. The molecule has 0 aromatic heterocycles. The molecule has 1 aliphatic rings. The van der Waals surface area contributed by atoms with Crippen molar-refractivity contribution in [1.82, 2.24) is 0 Å². The number of ether oxygens (including phenoxy) is 3. The molecule has 0 bridgehead atoms. The van der Waals surface area contributed by atoms with Crippen LogP contribution < -0.4 is 0 Å². The molecular weight excluding hydrogens is 242 g/mol. The molecule has 96 valence electrons. The lowest BCUT2D eigenvalue weighted by Crippen LogP contribution is -2.27. The Morgan fingerprint density at radius 3 is 2.83 bits per heavy atom. The molecule has 18 heavy (non-hydrogen) atoms. The maximum atomic E-state index is 11.5. The lowest BCUT2D eigenvalue weighted by molar-refractivity contribution is -0.386. The number of para-hydroxylation sites is 1. The number of carbonyl (C=O) groups excluding carboxylic acids is 1. The first-order valence-electron chi connectivity index (χ1n) is 5.19. The van der Waals surface area contributed by atoms with Crippen molar-refractivity contribution in [2.24, 2.45) is 0 Å². The van der Waals surface area contributed by atoms with Gasteiger partial charge in [-0.3, -0.25) is 10.1 Å². The fraction of sp³-hybridized carbons (Fsp3) is 0.364. The minimum absolute atomic E-state index is 0.101. The van der Waals surface area contributed by atoms with Crippen LogP contribution in [0.3, 0.4) is 0 Å². The quantitative estimate of drug-likeness (QED) is 0.456. The first-order valence-corrected chi connectivity index (χ1v) is 5.19. The van der Waals surface area contributed by atoms with Crippen molar-refractivity contribution in [3.8, 4) is 0 Å². The van der Waals surface area contributed by atoms with Gasteiger partial charge in [0.15, 0.2) is 6.10 Å². The number of benzene rings is 1. The molecule has 0 amide bonds. The molecule has 0 spiro atoms. The Balaban J connectivity index is 2.36. The summed E-state index contributed by atoms with van der Waals surface area (Å²) < 4.78 is 14.9. The van der Waals surface area contributed by atoms with E-state index in [0.717, 1.165) is 0 Å². The SMILES string of the molecule is COC(=O)[C@@H]1OCO[C@@H]1c1ccccc1[N+](=O)[O-]. The second kappa shape index (κ2) is 5.11. The van der Waals surface area contributed by atoms with Gasteiger partial charge in [0, 0.05) is 6.07 Å². The van der Waals surface area contributed by atoms with Crippen LogP contribution in [0.2, 0.25) is 0 Å². The van der Waals surface area contributed by atoms with E-state index in [1.165, 1.54) is 19.2 Å². The fourth-order valence-electron chi connectivity index (χ4n) is 1.82. The van der Waals surface area contributed by atoms with E-state index in [1.54, 1.807) is 12.1 Å². The molecule has 2 rings (SSSR count). The third-order valence-corrected chi connectivity index (χ3v) is 2.64. The summed E-state index contributed by atoms with van der Waals surface area (Å²) in [5.74, 6) is -0.615. The molecule has 1 heterocycles. The van der Waals surface area contributed by atoms with Crippen molar-refractivity contribution in [3.05, 3.63) is 39.9 Å². The molecule has 0 radical (unpaired) electrons. The predicted molar refractivity (Wildman–Crippen MR) is 58.7 cm³/mol. The van der Waals surface area contributed by atoms with Crippen molar-refractivity contribution >= 4 is 11.7 Å². The normalized spacial score (nSPS) is 22.7. The molecular formula is C11H11NO6. The highest BCUT2D eigenvalue weighted by atomic mass is 16.7. The van der Waals surface area contributed by atoms with Gasteiger partial charge < -0.3 is 14.2 Å². The number of nitro benzene ring substituents is 1. The number of nitrogens with zero attached hydrogens (tertiary/aromatic N) is 1. The third kappa shape index (κ3) is 2.18. The number of nitro groups is 1. The Hall–Kier alpha value is -1.99. The van der Waals surface area contributed by atoms with Crippen LogP contribution in [0.4, 0.5) is 5.69 Å². The zero-order chi connectivity index (χ0) is 13.1. The van der Waals surface area contributed by atoms with Gasteiger partial charge in [-0.05, 0) is 6.07 Å². The van der Waals surface area contributed by atoms with E-state index in [4.69, 9.17) is 9.47 Å². The van der Waals surface area contributed by atoms with Crippen LogP contribution in [0, 0.1) is 10.1 Å². The predicted octanol–water partition coefficient (Wildman–Crippen LogP) is 1.18. The summed E-state index contributed by atoms with van der Waals surface area (Å²) in [6, 6.07) is 6.07. The van der Waals surface area contributed by atoms with Crippen molar-refractivity contribution in [2.75, 3.05) is 13.9 Å². The van der Waals surface area contributed by atoms with Crippen LogP contribution in [-0.2, 0) is 19.0 Å². The molecule has 1 aliphatic heterocycles. The van der Waals surface area contributed by atoms with Crippen molar-refractivity contribution in [3.63, 3.8) is 0 Å². The minimum atomic E-state index is -0.976. The molecule has 0 aliphatic carbocycles. The van der Waals surface area contributed by atoms with Gasteiger partial charge in [0.05, 0.1) is 17.6 Å². The Labute approximate surface area is 102 Å². The highest BCUT2D eigenvalue weighted by molar-refractivity contribution is 5.76. The Morgan fingerprint density at radius 2 is 2.17 bits per heavy atom. The molecule has 7 nitrogen and oxygen atoms in total. The van der Waals surface area contributed by atoms with Gasteiger partial charge in [-0.15, -0.1) is 0 Å². The summed E-state index contributed by atoms with van der Waals surface area (Å²) in [4.78, 5) is 21.9. The second-order valence-electron chi connectivity index (χ2n) is 3.63. The minimum Gasteiger partial charge on any atom is -0.467 e. The largest absolute Gasteiger partial charge is 0.467 e. The maximum Gasteiger partial charge on any atom is 0.338 e. The van der Waals surface area contributed by atoms with E-state index in [-0.39, 0.29) is 12.5 Å². The highest BCUT2D eigenvalue weighted by Gasteiger charge is 2.40. The number of hydrogen-bond donors (Lipinski definition) is 0. The Morgan fingerprint density at radius 1 is 1.44 bits per heavy atom. The Bertz CT molecular complexity index is 474. The fourth-order valence-corrected chi connectivity index (χ4v) is 1.82. The second-order valence-corrected chi connectivity index (χ2v) is 3.63. The number of carbonyl (C=O) groups is 1. The molecule has 1 fully saturated rings. The van der Waals surface area contributed by atoms with Crippen molar-refractivity contribution in [2.45, 2.75) is 12.2 Å². The molecule has 1 aromatic rings. The number of methoxy groups -OCH3 is 1.